The highest BCUT2D eigenvalue weighted by atomic mass is 32.2. The van der Waals surface area contributed by atoms with Gasteiger partial charge >= 0.3 is 0 Å². The molecule has 0 saturated carbocycles. The average Bonchev–Trinajstić information content (AvgIpc) is 3.18. The molecule has 0 bridgehead atoms. The Hall–Kier alpha value is -2.39. The van der Waals surface area contributed by atoms with Gasteiger partial charge < -0.3 is 14.8 Å². The molecule has 9 heteroatoms. The molecule has 1 saturated heterocycles. The van der Waals surface area contributed by atoms with Crippen molar-refractivity contribution in [3.63, 3.8) is 0 Å². The van der Waals surface area contributed by atoms with Gasteiger partial charge in [0, 0.05) is 38.4 Å². The lowest BCUT2D eigenvalue weighted by Crippen LogP contribution is -2.55. The molecule has 1 aromatic heterocycles. The molecule has 1 N–H and O–H groups in total. The van der Waals surface area contributed by atoms with E-state index < -0.39 is 10.0 Å². The van der Waals surface area contributed by atoms with E-state index in [2.05, 4.69) is 53.0 Å². The molecule has 1 fully saturated rings. The molecule has 1 atom stereocenters. The van der Waals surface area contributed by atoms with Gasteiger partial charge in [0.2, 0.25) is 5.91 Å². The van der Waals surface area contributed by atoms with Crippen LogP contribution in [0.5, 0.6) is 0 Å². The number of nitrogens with zero attached hydrogens (tertiary/aromatic N) is 4. The molecular formula is C18H25N5O3S. The van der Waals surface area contributed by atoms with Gasteiger partial charge in [-0.15, -0.1) is 0 Å². The number of nitrogens with one attached hydrogen (secondary N) is 1. The van der Waals surface area contributed by atoms with Gasteiger partial charge in [0.05, 0.1) is 19.1 Å². The molecule has 2 heterocycles. The quantitative estimate of drug-likeness (QED) is 0.824. The third kappa shape index (κ3) is 4.14. The molecule has 0 aliphatic carbocycles. The first kappa shape index (κ1) is 19.4. The third-order valence-electron chi connectivity index (χ3n) is 4.87. The summed E-state index contributed by atoms with van der Waals surface area (Å²) in [5, 5.41) is -0.0182. The molecule has 27 heavy (non-hydrogen) atoms. The summed E-state index contributed by atoms with van der Waals surface area (Å²) in [6, 6.07) is 8.49. The average molecular weight is 391 g/mol. The number of H-pyrrole nitrogens is 1. The van der Waals surface area contributed by atoms with Crippen molar-refractivity contribution in [1.29, 1.82) is 0 Å². The van der Waals surface area contributed by atoms with Gasteiger partial charge in [-0.25, -0.2) is 13.4 Å². The highest BCUT2D eigenvalue weighted by molar-refractivity contribution is 7.89. The predicted octanol–water partition coefficient (Wildman–Crippen LogP) is 1.08. The van der Waals surface area contributed by atoms with E-state index in [9.17, 15) is 13.2 Å². The zero-order valence-electron chi connectivity index (χ0n) is 15.8. The molecule has 2 aromatic rings. The van der Waals surface area contributed by atoms with Crippen molar-refractivity contribution in [2.45, 2.75) is 24.9 Å². The molecule has 146 valence electrons. The lowest BCUT2D eigenvalue weighted by molar-refractivity contribution is -0.131. The van der Waals surface area contributed by atoms with Crippen LogP contribution < -0.4 is 4.90 Å². The van der Waals surface area contributed by atoms with Crippen LogP contribution in [0.1, 0.15) is 12.5 Å². The van der Waals surface area contributed by atoms with Crippen LogP contribution in [0.15, 0.2) is 41.8 Å². The molecule has 0 spiro atoms. The van der Waals surface area contributed by atoms with E-state index in [0.717, 1.165) is 9.99 Å². The van der Waals surface area contributed by atoms with Crippen molar-refractivity contribution >= 4 is 21.6 Å². The Kier molecular flexibility index (Phi) is 5.52. The van der Waals surface area contributed by atoms with Crippen LogP contribution in [-0.2, 0) is 14.8 Å². The topological polar surface area (TPSA) is 89.6 Å². The minimum Gasteiger partial charge on any atom is -0.365 e. The Morgan fingerprint density at radius 3 is 2.59 bits per heavy atom. The van der Waals surface area contributed by atoms with E-state index in [0.29, 0.717) is 19.6 Å². The first-order valence-electron chi connectivity index (χ1n) is 8.85. The summed E-state index contributed by atoms with van der Waals surface area (Å²) in [6.07, 6.45) is 2.53. The van der Waals surface area contributed by atoms with Crippen molar-refractivity contribution in [2.24, 2.45) is 0 Å². The maximum atomic E-state index is 12.6. The summed E-state index contributed by atoms with van der Waals surface area (Å²) in [6.45, 7) is 5.77. The number of anilines is 1. The van der Waals surface area contributed by atoms with Crippen LogP contribution >= 0.6 is 0 Å². The Labute approximate surface area is 159 Å². The zero-order chi connectivity index (χ0) is 19.6. The molecule has 1 unspecified atom stereocenters. The van der Waals surface area contributed by atoms with Gasteiger partial charge in [-0.1, -0.05) is 17.7 Å². The Bertz CT molecular complexity index is 880. The van der Waals surface area contributed by atoms with Gasteiger partial charge in [-0.05, 0) is 26.0 Å². The standard InChI is InChI=1S/C18H25N5O3S/c1-14-4-6-16(7-5-14)23-9-8-22(11-15(23)2)18(24)12-21(3)27(25,26)17-10-19-13-20-17/h4-7,10,13,15H,8-9,11-12H2,1-3H3,(H,19,20). The number of carbonyl (C=O) groups is 1. The number of likely N-dealkylation sites (N-methyl/N-ethyl adjacent to an activating group) is 1. The highest BCUT2D eigenvalue weighted by Gasteiger charge is 2.30. The second-order valence-corrected chi connectivity index (χ2v) is 8.91. The zero-order valence-corrected chi connectivity index (χ0v) is 16.6. The van der Waals surface area contributed by atoms with Crippen molar-refractivity contribution in [3.8, 4) is 0 Å². The number of amides is 1. The molecule has 8 nitrogen and oxygen atoms in total. The number of aryl methyl sites for hydroxylation is 1. The second kappa shape index (κ2) is 7.69. The summed E-state index contributed by atoms with van der Waals surface area (Å²) in [5.41, 5.74) is 2.35. The van der Waals surface area contributed by atoms with Crippen molar-refractivity contribution in [2.75, 3.05) is 38.1 Å². The van der Waals surface area contributed by atoms with E-state index in [1.807, 2.05) is 0 Å². The van der Waals surface area contributed by atoms with Crippen LogP contribution in [0.2, 0.25) is 0 Å². The minimum atomic E-state index is -3.74. The number of piperazine rings is 1. The molecule has 3 rings (SSSR count). The summed E-state index contributed by atoms with van der Waals surface area (Å²) >= 11 is 0. The molecular weight excluding hydrogens is 366 g/mol. The van der Waals surface area contributed by atoms with Gasteiger partial charge in [0.1, 0.15) is 0 Å². The van der Waals surface area contributed by atoms with Crippen molar-refractivity contribution in [1.82, 2.24) is 19.2 Å². The summed E-state index contributed by atoms with van der Waals surface area (Å²) < 4.78 is 25.9. The van der Waals surface area contributed by atoms with Crippen LogP contribution in [-0.4, -0.2) is 72.8 Å². The van der Waals surface area contributed by atoms with Crippen LogP contribution in [0, 0.1) is 6.92 Å². The van der Waals surface area contributed by atoms with Crippen LogP contribution in [0.3, 0.4) is 0 Å². The Balaban J connectivity index is 1.61. The lowest BCUT2D eigenvalue weighted by Gasteiger charge is -2.41. The number of imidazole rings is 1. The lowest BCUT2D eigenvalue weighted by atomic mass is 10.1. The molecule has 1 aliphatic rings. The number of sulfonamides is 1. The fourth-order valence-corrected chi connectivity index (χ4v) is 4.24. The number of aromatic amines is 1. The van der Waals surface area contributed by atoms with E-state index in [1.165, 1.54) is 25.1 Å². The van der Waals surface area contributed by atoms with Gasteiger partial charge in [-0.3, -0.25) is 4.79 Å². The highest BCUT2D eigenvalue weighted by Crippen LogP contribution is 2.21. The van der Waals surface area contributed by atoms with Gasteiger partial charge in [-0.2, -0.15) is 4.31 Å². The van der Waals surface area contributed by atoms with Crippen LogP contribution in [0.25, 0.3) is 0 Å². The molecule has 1 aliphatic heterocycles. The number of rotatable bonds is 5. The predicted molar refractivity (Wildman–Crippen MR) is 103 cm³/mol. The number of aromatic nitrogens is 2. The van der Waals surface area contributed by atoms with Gasteiger partial charge in [0.15, 0.2) is 5.03 Å². The SMILES string of the molecule is Cc1ccc(N2CCN(C(=O)CN(C)S(=O)(=O)c3cnc[nH]3)CC2C)cc1. The molecule has 1 amide bonds. The largest absolute Gasteiger partial charge is 0.365 e. The fraction of sp³-hybridized carbons (Fsp3) is 0.444. The summed E-state index contributed by atoms with van der Waals surface area (Å²) in [4.78, 5) is 22.9. The van der Waals surface area contributed by atoms with E-state index in [1.54, 1.807) is 4.90 Å². The third-order valence-corrected chi connectivity index (χ3v) is 6.59. The number of hydrogen-bond acceptors (Lipinski definition) is 5. The molecule has 0 radical (unpaired) electrons. The Morgan fingerprint density at radius 2 is 2.00 bits per heavy atom. The van der Waals surface area contributed by atoms with Crippen LogP contribution in [0.4, 0.5) is 5.69 Å². The van der Waals surface area contributed by atoms with E-state index >= 15 is 0 Å². The molecule has 1 aromatic carbocycles. The van der Waals surface area contributed by atoms with Crippen molar-refractivity contribution in [3.05, 3.63) is 42.4 Å². The maximum Gasteiger partial charge on any atom is 0.260 e. The maximum absolute atomic E-state index is 12.6. The number of benzene rings is 1. The first-order valence-corrected chi connectivity index (χ1v) is 10.3. The second-order valence-electron chi connectivity index (χ2n) is 6.89. The normalized spacial score (nSPS) is 18.1. The van der Waals surface area contributed by atoms with Gasteiger partial charge in [0.25, 0.3) is 10.0 Å². The van der Waals surface area contributed by atoms with E-state index in [4.69, 9.17) is 0 Å². The fourth-order valence-electron chi connectivity index (χ4n) is 3.23. The number of carbonyl (C=O) groups excluding carboxylic acids is 1. The smallest absolute Gasteiger partial charge is 0.260 e. The summed E-state index contributed by atoms with van der Waals surface area (Å²) in [7, 11) is -2.34. The van der Waals surface area contributed by atoms with Crippen molar-refractivity contribution < 1.29 is 13.2 Å². The minimum absolute atomic E-state index is 0.0182. The Morgan fingerprint density at radius 1 is 1.30 bits per heavy atom. The first-order chi connectivity index (χ1) is 12.8. The monoisotopic (exact) mass is 391 g/mol. The number of hydrogen-bond donors (Lipinski definition) is 1. The van der Waals surface area contributed by atoms with E-state index in [-0.39, 0.29) is 23.5 Å². The summed E-state index contributed by atoms with van der Waals surface area (Å²) in [5.74, 6) is -0.198.